The van der Waals surface area contributed by atoms with Gasteiger partial charge in [-0.1, -0.05) is 60.7 Å². The predicted octanol–water partition coefficient (Wildman–Crippen LogP) is 7.88. The fourth-order valence-corrected chi connectivity index (χ4v) is 7.10. The van der Waals surface area contributed by atoms with Gasteiger partial charge >= 0.3 is 5.97 Å². The van der Waals surface area contributed by atoms with Crippen LogP contribution in [-0.2, 0) is 17.6 Å². The summed E-state index contributed by atoms with van der Waals surface area (Å²) in [6, 6.07) is 20.5. The number of fused-ring (bicyclic) bond motifs is 1. The quantitative estimate of drug-likeness (QED) is 0.266. The molecule has 184 valence electrons. The van der Waals surface area contributed by atoms with Crippen LogP contribution in [0, 0.1) is 6.92 Å². The number of hydrogen-bond acceptors (Lipinski definition) is 5. The van der Waals surface area contributed by atoms with E-state index in [0.717, 1.165) is 45.7 Å². The van der Waals surface area contributed by atoms with E-state index in [1.807, 2.05) is 62.5 Å². The number of thiophene rings is 2. The second-order valence-corrected chi connectivity index (χ2v) is 11.6. The Kier molecular flexibility index (Phi) is 7.08. The number of amides is 1. The van der Waals surface area contributed by atoms with Crippen molar-refractivity contribution in [3.8, 4) is 11.1 Å². The van der Waals surface area contributed by atoms with Crippen LogP contribution in [0.25, 0.3) is 11.1 Å². The van der Waals surface area contributed by atoms with Gasteiger partial charge in [0.1, 0.15) is 5.00 Å². The van der Waals surface area contributed by atoms with Gasteiger partial charge in [0.05, 0.1) is 17.2 Å². The van der Waals surface area contributed by atoms with Gasteiger partial charge in [0.2, 0.25) is 0 Å². The Morgan fingerprint density at radius 2 is 1.72 bits per heavy atom. The number of benzene rings is 2. The summed E-state index contributed by atoms with van der Waals surface area (Å²) in [7, 11) is 0. The Labute approximate surface area is 220 Å². The molecule has 0 unspecified atom stereocenters. The number of rotatable bonds is 6. The first kappa shape index (κ1) is 24.5. The van der Waals surface area contributed by atoms with Crippen LogP contribution >= 0.6 is 22.7 Å². The smallest absolute Gasteiger partial charge is 0.341 e. The van der Waals surface area contributed by atoms with E-state index in [4.69, 9.17) is 4.74 Å². The van der Waals surface area contributed by atoms with E-state index in [1.54, 1.807) is 11.3 Å². The number of esters is 1. The van der Waals surface area contributed by atoms with Crippen LogP contribution in [0.4, 0.5) is 5.00 Å². The molecule has 2 heterocycles. The Morgan fingerprint density at radius 1 is 1.03 bits per heavy atom. The lowest BCUT2D eigenvalue weighted by Gasteiger charge is -2.23. The third-order valence-electron chi connectivity index (χ3n) is 6.59. The second kappa shape index (κ2) is 10.4. The summed E-state index contributed by atoms with van der Waals surface area (Å²) in [5, 5.41) is 5.59. The maximum absolute atomic E-state index is 13.6. The molecule has 2 aromatic heterocycles. The van der Waals surface area contributed by atoms with E-state index in [9.17, 15) is 9.59 Å². The lowest BCUT2D eigenvalue weighted by Crippen LogP contribution is -2.19. The van der Waals surface area contributed by atoms with Crippen LogP contribution in [-0.4, -0.2) is 18.0 Å². The van der Waals surface area contributed by atoms with Crippen molar-refractivity contribution < 1.29 is 14.3 Å². The molecule has 6 heteroatoms. The highest BCUT2D eigenvalue weighted by Crippen LogP contribution is 2.43. The highest BCUT2D eigenvalue weighted by molar-refractivity contribution is 7.17. The molecule has 0 fully saturated rings. The fraction of sp³-hybridized carbons (Fsp3) is 0.267. The lowest BCUT2D eigenvalue weighted by molar-refractivity contribution is 0.0378. The molecular formula is C30H29NO3S2. The monoisotopic (exact) mass is 515 g/mol. The number of carbonyl (C=O) groups excluding carboxylic acids is 2. The van der Waals surface area contributed by atoms with Gasteiger partial charge < -0.3 is 10.1 Å². The summed E-state index contributed by atoms with van der Waals surface area (Å²) < 4.78 is 5.62. The minimum Gasteiger partial charge on any atom is -0.459 e. The number of nitrogens with one attached hydrogen (secondary N) is 1. The third kappa shape index (κ3) is 4.88. The van der Waals surface area contributed by atoms with Gasteiger partial charge in [0, 0.05) is 20.7 Å². The van der Waals surface area contributed by atoms with Gasteiger partial charge in [-0.15, -0.1) is 22.7 Å². The van der Waals surface area contributed by atoms with Crippen molar-refractivity contribution in [1.82, 2.24) is 0 Å². The molecular weight excluding hydrogens is 486 g/mol. The molecule has 0 saturated carbocycles. The fourth-order valence-electron chi connectivity index (χ4n) is 4.93. The Morgan fingerprint density at radius 3 is 2.42 bits per heavy atom. The first-order chi connectivity index (χ1) is 17.4. The summed E-state index contributed by atoms with van der Waals surface area (Å²) in [6.07, 6.45) is 2.37. The zero-order chi connectivity index (χ0) is 25.2. The maximum Gasteiger partial charge on any atom is 0.341 e. The molecule has 5 rings (SSSR count). The topological polar surface area (TPSA) is 55.4 Å². The van der Waals surface area contributed by atoms with Gasteiger partial charge in [-0.25, -0.2) is 4.79 Å². The SMILES string of the molecule is Cc1scc(C(=O)Nc2sc3c(c2C(=O)OC(C)C)CC[C@H](c2ccccc2)C3)c1-c1ccccc1. The van der Waals surface area contributed by atoms with Crippen LogP contribution < -0.4 is 5.32 Å². The Balaban J connectivity index is 1.49. The lowest BCUT2D eigenvalue weighted by atomic mass is 9.83. The summed E-state index contributed by atoms with van der Waals surface area (Å²) in [5.41, 5.74) is 5.44. The van der Waals surface area contributed by atoms with Crippen LogP contribution in [0.3, 0.4) is 0 Å². The van der Waals surface area contributed by atoms with Crippen molar-refractivity contribution >= 4 is 39.6 Å². The van der Waals surface area contributed by atoms with Crippen molar-refractivity contribution in [2.45, 2.75) is 52.1 Å². The third-order valence-corrected chi connectivity index (χ3v) is 8.67. The van der Waals surface area contributed by atoms with E-state index >= 15 is 0 Å². The number of aryl methyl sites for hydroxylation is 1. The van der Waals surface area contributed by atoms with Gasteiger partial charge in [0.15, 0.2) is 0 Å². The molecule has 2 aromatic carbocycles. The van der Waals surface area contributed by atoms with E-state index in [1.165, 1.54) is 16.9 Å². The molecule has 4 aromatic rings. The largest absolute Gasteiger partial charge is 0.459 e. The van der Waals surface area contributed by atoms with Gasteiger partial charge in [0.25, 0.3) is 5.91 Å². The average molecular weight is 516 g/mol. The van der Waals surface area contributed by atoms with Gasteiger partial charge in [-0.2, -0.15) is 0 Å². The number of ether oxygens (including phenoxy) is 1. The standard InChI is InChI=1S/C30H29NO3S2/c1-18(2)34-30(33)27-23-15-14-22(20-10-6-4-7-11-20)16-25(23)36-29(27)31-28(32)24-17-35-19(3)26(24)21-12-8-5-9-13-21/h4-13,17-18,22H,14-16H2,1-3H3,(H,31,32)/t22-/m0/s1. The van der Waals surface area contributed by atoms with E-state index < -0.39 is 0 Å². The van der Waals surface area contributed by atoms with Gasteiger partial charge in [-0.05, 0) is 62.6 Å². The molecule has 1 aliphatic rings. The highest BCUT2D eigenvalue weighted by atomic mass is 32.1. The first-order valence-electron chi connectivity index (χ1n) is 12.3. The van der Waals surface area contributed by atoms with Crippen LogP contribution in [0.5, 0.6) is 0 Å². The number of hydrogen-bond donors (Lipinski definition) is 1. The summed E-state index contributed by atoms with van der Waals surface area (Å²) in [6.45, 7) is 5.73. The average Bonchev–Trinajstić information content (AvgIpc) is 3.44. The number of carbonyl (C=O) groups is 2. The zero-order valence-electron chi connectivity index (χ0n) is 20.7. The maximum atomic E-state index is 13.6. The van der Waals surface area contributed by atoms with Crippen LogP contribution in [0.2, 0.25) is 0 Å². The molecule has 1 N–H and O–H groups in total. The minimum absolute atomic E-state index is 0.199. The molecule has 1 amide bonds. The van der Waals surface area contributed by atoms with E-state index in [0.29, 0.717) is 22.0 Å². The second-order valence-electron chi connectivity index (χ2n) is 9.41. The molecule has 0 bridgehead atoms. The predicted molar refractivity (Wildman–Crippen MR) is 149 cm³/mol. The molecule has 0 radical (unpaired) electrons. The van der Waals surface area contributed by atoms with Crippen molar-refractivity contribution in [2.75, 3.05) is 5.32 Å². The number of anilines is 1. The normalized spacial score (nSPS) is 14.9. The summed E-state index contributed by atoms with van der Waals surface area (Å²) in [4.78, 5) is 29.0. The van der Waals surface area contributed by atoms with Crippen molar-refractivity contribution in [2.24, 2.45) is 0 Å². The molecule has 0 saturated heterocycles. The zero-order valence-corrected chi connectivity index (χ0v) is 22.3. The van der Waals surface area contributed by atoms with Crippen molar-refractivity contribution in [1.29, 1.82) is 0 Å². The summed E-state index contributed by atoms with van der Waals surface area (Å²) >= 11 is 3.08. The van der Waals surface area contributed by atoms with Gasteiger partial charge in [-0.3, -0.25) is 4.79 Å². The molecule has 1 atom stereocenters. The molecule has 36 heavy (non-hydrogen) atoms. The van der Waals surface area contributed by atoms with E-state index in [-0.39, 0.29) is 18.0 Å². The summed E-state index contributed by atoms with van der Waals surface area (Å²) in [5.74, 6) is -0.158. The van der Waals surface area contributed by atoms with E-state index in [2.05, 4.69) is 29.6 Å². The Bertz CT molecular complexity index is 1390. The molecule has 0 spiro atoms. The van der Waals surface area contributed by atoms with Crippen LogP contribution in [0.1, 0.15) is 67.8 Å². The molecule has 1 aliphatic carbocycles. The van der Waals surface area contributed by atoms with Crippen LogP contribution in [0.15, 0.2) is 66.0 Å². The highest BCUT2D eigenvalue weighted by Gasteiger charge is 2.32. The molecule has 0 aliphatic heterocycles. The van der Waals surface area contributed by atoms with Crippen molar-refractivity contribution in [3.05, 3.63) is 98.1 Å². The van der Waals surface area contributed by atoms with Crippen molar-refractivity contribution in [3.63, 3.8) is 0 Å². The Hall–Kier alpha value is -3.22. The minimum atomic E-state index is -0.360. The first-order valence-corrected chi connectivity index (χ1v) is 14.0. The molecule has 4 nitrogen and oxygen atoms in total.